The molecule has 5 nitrogen and oxygen atoms in total. The van der Waals surface area contributed by atoms with Gasteiger partial charge in [0, 0.05) is 18.1 Å². The van der Waals surface area contributed by atoms with E-state index in [1.54, 1.807) is 18.0 Å². The fraction of sp³-hybridized carbons (Fsp3) is 0.300. The Morgan fingerprint density at radius 3 is 3.25 bits per heavy atom. The normalized spacial score (nSPS) is 18.9. The van der Waals surface area contributed by atoms with Crippen LogP contribution in [0.15, 0.2) is 29.7 Å². The van der Waals surface area contributed by atoms with Crippen LogP contribution in [0.2, 0.25) is 0 Å². The maximum atomic E-state index is 4.14. The van der Waals surface area contributed by atoms with E-state index in [0.29, 0.717) is 0 Å². The molecule has 0 saturated carbocycles. The van der Waals surface area contributed by atoms with Gasteiger partial charge in [-0.15, -0.1) is 10.2 Å². The Morgan fingerprint density at radius 1 is 1.50 bits per heavy atom. The molecule has 0 saturated heterocycles. The number of nitrogens with one attached hydrogen (secondary N) is 1. The number of fused-ring (bicyclic) bond motifs is 1. The lowest BCUT2D eigenvalue weighted by molar-refractivity contribution is 0.644. The minimum Gasteiger partial charge on any atom is -0.314 e. The van der Waals surface area contributed by atoms with E-state index in [2.05, 4.69) is 26.7 Å². The quantitative estimate of drug-likeness (QED) is 0.806. The van der Waals surface area contributed by atoms with E-state index in [9.17, 15) is 0 Å². The van der Waals surface area contributed by atoms with Gasteiger partial charge >= 0.3 is 0 Å². The highest BCUT2D eigenvalue weighted by Crippen LogP contribution is 2.29. The molecule has 0 spiro atoms. The van der Waals surface area contributed by atoms with Crippen molar-refractivity contribution in [2.45, 2.75) is 18.1 Å². The number of hydrogen-bond acceptors (Lipinski definition) is 5. The highest BCUT2D eigenvalue weighted by molar-refractivity contribution is 7.99. The predicted molar refractivity (Wildman–Crippen MR) is 61.8 cm³/mol. The Morgan fingerprint density at radius 2 is 2.44 bits per heavy atom. The smallest absolute Gasteiger partial charge is 0.210 e. The fourth-order valence-electron chi connectivity index (χ4n) is 1.69. The topological polar surface area (TPSA) is 55.6 Å². The average Bonchev–Trinajstić information content (AvgIpc) is 2.72. The van der Waals surface area contributed by atoms with Crippen LogP contribution in [0, 0.1) is 6.92 Å². The third kappa shape index (κ3) is 1.55. The highest BCUT2D eigenvalue weighted by Gasteiger charge is 2.22. The number of thioether (sulfide) groups is 1. The zero-order chi connectivity index (χ0) is 11.0. The van der Waals surface area contributed by atoms with Crippen molar-refractivity contribution in [3.8, 4) is 0 Å². The molecule has 1 N–H and O–H groups in total. The largest absolute Gasteiger partial charge is 0.314 e. The zero-order valence-electron chi connectivity index (χ0n) is 8.79. The van der Waals surface area contributed by atoms with Crippen molar-refractivity contribution in [1.82, 2.24) is 19.9 Å². The fourth-order valence-corrected chi connectivity index (χ4v) is 2.68. The molecule has 82 valence electrons. The van der Waals surface area contributed by atoms with E-state index in [0.717, 1.165) is 16.7 Å². The Kier molecular flexibility index (Phi) is 2.28. The van der Waals surface area contributed by atoms with Crippen molar-refractivity contribution in [3.63, 3.8) is 0 Å². The molecule has 16 heavy (non-hydrogen) atoms. The molecule has 0 aliphatic carbocycles. The van der Waals surface area contributed by atoms with E-state index in [1.807, 2.05) is 23.9 Å². The first-order valence-electron chi connectivity index (χ1n) is 5.06. The van der Waals surface area contributed by atoms with Crippen molar-refractivity contribution >= 4 is 11.8 Å². The lowest BCUT2D eigenvalue weighted by atomic mass is 10.1. The van der Waals surface area contributed by atoms with Crippen LogP contribution in [0.3, 0.4) is 0 Å². The van der Waals surface area contributed by atoms with Crippen LogP contribution in [-0.2, 0) is 0 Å². The van der Waals surface area contributed by atoms with Gasteiger partial charge in [0.2, 0.25) is 5.16 Å². The van der Waals surface area contributed by atoms with Gasteiger partial charge in [0.1, 0.15) is 5.82 Å². The number of hydrogen-bond donors (Lipinski definition) is 1. The summed E-state index contributed by atoms with van der Waals surface area (Å²) in [4.78, 5) is 4.14. The van der Waals surface area contributed by atoms with Gasteiger partial charge in [-0.3, -0.25) is 4.98 Å². The Balaban J connectivity index is 1.90. The molecule has 0 bridgehead atoms. The van der Waals surface area contributed by atoms with E-state index >= 15 is 0 Å². The van der Waals surface area contributed by atoms with Crippen LogP contribution in [-0.4, -0.2) is 25.6 Å². The first-order chi connectivity index (χ1) is 7.84. The van der Waals surface area contributed by atoms with Gasteiger partial charge in [-0.2, -0.15) is 0 Å². The van der Waals surface area contributed by atoms with Gasteiger partial charge in [0.05, 0.1) is 6.04 Å². The summed E-state index contributed by atoms with van der Waals surface area (Å²) in [5.74, 6) is 1.83. The molecule has 1 unspecified atom stereocenters. The van der Waals surface area contributed by atoms with E-state index in [-0.39, 0.29) is 6.04 Å². The SMILES string of the molecule is Cc1nnc2n1NC(c1cccnc1)CS2. The maximum Gasteiger partial charge on any atom is 0.210 e. The molecule has 3 rings (SSSR count). The molecule has 1 aliphatic heterocycles. The Labute approximate surface area is 97.3 Å². The second kappa shape index (κ2) is 3.79. The minimum atomic E-state index is 0.265. The lowest BCUT2D eigenvalue weighted by Gasteiger charge is -2.25. The van der Waals surface area contributed by atoms with Gasteiger partial charge < -0.3 is 5.43 Å². The first kappa shape index (κ1) is 9.65. The molecule has 0 fully saturated rings. The second-order valence-corrected chi connectivity index (χ2v) is 4.63. The summed E-state index contributed by atoms with van der Waals surface area (Å²) in [6.45, 7) is 1.94. The van der Waals surface area contributed by atoms with Crippen LogP contribution >= 0.6 is 11.8 Å². The van der Waals surface area contributed by atoms with Crippen LogP contribution < -0.4 is 5.43 Å². The van der Waals surface area contributed by atoms with Gasteiger partial charge in [0.15, 0.2) is 0 Å². The average molecular weight is 233 g/mol. The van der Waals surface area contributed by atoms with Crippen LogP contribution in [0.5, 0.6) is 0 Å². The molecule has 3 heterocycles. The molecule has 0 amide bonds. The summed E-state index contributed by atoms with van der Waals surface area (Å²) in [6.07, 6.45) is 3.68. The number of nitrogens with zero attached hydrogens (tertiary/aromatic N) is 4. The summed E-state index contributed by atoms with van der Waals surface area (Å²) in [5, 5.41) is 9.05. The number of aryl methyl sites for hydroxylation is 1. The van der Waals surface area contributed by atoms with Gasteiger partial charge in [-0.25, -0.2) is 4.68 Å². The molecular weight excluding hydrogens is 222 g/mol. The van der Waals surface area contributed by atoms with Gasteiger partial charge in [-0.05, 0) is 18.6 Å². The number of aromatic nitrogens is 4. The summed E-state index contributed by atoms with van der Waals surface area (Å²) >= 11 is 1.71. The van der Waals surface area contributed by atoms with E-state index in [4.69, 9.17) is 0 Å². The summed E-state index contributed by atoms with van der Waals surface area (Å²) < 4.78 is 1.94. The standard InChI is InChI=1S/C10H11N5S/c1-7-12-13-10-15(7)14-9(6-16-10)8-3-2-4-11-5-8/h2-5,9,14H,6H2,1H3. The highest BCUT2D eigenvalue weighted by atomic mass is 32.2. The second-order valence-electron chi connectivity index (χ2n) is 3.64. The van der Waals surface area contributed by atoms with Crippen molar-refractivity contribution in [3.05, 3.63) is 35.9 Å². The van der Waals surface area contributed by atoms with Gasteiger partial charge in [-0.1, -0.05) is 17.8 Å². The third-order valence-electron chi connectivity index (χ3n) is 2.55. The van der Waals surface area contributed by atoms with Crippen molar-refractivity contribution in [2.24, 2.45) is 0 Å². The van der Waals surface area contributed by atoms with Crippen molar-refractivity contribution in [2.75, 3.05) is 11.2 Å². The molecule has 1 aliphatic rings. The summed E-state index contributed by atoms with van der Waals surface area (Å²) in [6, 6.07) is 4.30. The minimum absolute atomic E-state index is 0.265. The Hall–Kier alpha value is -1.56. The molecule has 2 aromatic heterocycles. The molecule has 0 aromatic carbocycles. The van der Waals surface area contributed by atoms with E-state index in [1.165, 1.54) is 5.56 Å². The summed E-state index contributed by atoms with van der Waals surface area (Å²) in [5.41, 5.74) is 4.58. The lowest BCUT2D eigenvalue weighted by Crippen LogP contribution is -2.28. The molecule has 2 aromatic rings. The Bertz CT molecular complexity index is 495. The van der Waals surface area contributed by atoms with Crippen molar-refractivity contribution in [1.29, 1.82) is 0 Å². The first-order valence-corrected chi connectivity index (χ1v) is 6.04. The zero-order valence-corrected chi connectivity index (χ0v) is 9.61. The van der Waals surface area contributed by atoms with Crippen molar-refractivity contribution < 1.29 is 0 Å². The van der Waals surface area contributed by atoms with Crippen LogP contribution in [0.1, 0.15) is 17.4 Å². The predicted octanol–water partition coefficient (Wildman–Crippen LogP) is 1.37. The van der Waals surface area contributed by atoms with E-state index < -0.39 is 0 Å². The monoisotopic (exact) mass is 233 g/mol. The third-order valence-corrected chi connectivity index (χ3v) is 3.57. The maximum absolute atomic E-state index is 4.14. The van der Waals surface area contributed by atoms with Crippen LogP contribution in [0.25, 0.3) is 0 Å². The molecule has 6 heteroatoms. The molecular formula is C10H11N5S. The van der Waals surface area contributed by atoms with Gasteiger partial charge in [0.25, 0.3) is 0 Å². The molecule has 0 radical (unpaired) electrons. The number of rotatable bonds is 1. The number of pyridine rings is 1. The van der Waals surface area contributed by atoms with Crippen LogP contribution in [0.4, 0.5) is 0 Å². The summed E-state index contributed by atoms with van der Waals surface area (Å²) in [7, 11) is 0. The molecule has 1 atom stereocenters.